The van der Waals surface area contributed by atoms with Crippen molar-refractivity contribution in [3.8, 4) is 0 Å². The van der Waals surface area contributed by atoms with E-state index in [0.29, 0.717) is 6.54 Å². The monoisotopic (exact) mass is 519 g/mol. The molecule has 0 atom stereocenters. The lowest BCUT2D eigenvalue weighted by molar-refractivity contribution is 0.0388. The molecule has 2 rings (SSSR count). The van der Waals surface area contributed by atoms with E-state index in [2.05, 4.69) is 38.9 Å². The van der Waals surface area contributed by atoms with Crippen molar-refractivity contribution in [2.75, 3.05) is 53.0 Å². The third-order valence-corrected chi connectivity index (χ3v) is 5.13. The Balaban J connectivity index is 0.00000420. The maximum absolute atomic E-state index is 5.42. The molecule has 1 saturated heterocycles. The quantitative estimate of drug-likeness (QED) is 0.159. The number of hydrogen-bond acceptors (Lipinski definition) is 5. The molecule has 0 radical (unpaired) electrons. The Morgan fingerprint density at radius 3 is 2.69 bits per heavy atom. The van der Waals surface area contributed by atoms with Gasteiger partial charge in [-0.15, -0.1) is 40.8 Å². The van der Waals surface area contributed by atoms with Gasteiger partial charge in [0.15, 0.2) is 11.8 Å². The summed E-state index contributed by atoms with van der Waals surface area (Å²) in [7, 11) is 4.09. The fourth-order valence-corrected chi connectivity index (χ4v) is 3.12. The van der Waals surface area contributed by atoms with Crippen LogP contribution in [0.5, 0.6) is 0 Å². The second-order valence-corrected chi connectivity index (χ2v) is 7.30. The van der Waals surface area contributed by atoms with Crippen LogP contribution in [-0.2, 0) is 18.3 Å². The lowest BCUT2D eigenvalue weighted by atomic mass is 10.2. The third kappa shape index (κ3) is 9.43. The van der Waals surface area contributed by atoms with E-state index in [4.69, 9.17) is 9.73 Å². The van der Waals surface area contributed by atoms with Crippen molar-refractivity contribution in [1.29, 1.82) is 0 Å². The van der Waals surface area contributed by atoms with Crippen LogP contribution in [0.1, 0.15) is 37.3 Å². The Hall–Kier alpha value is -1.20. The summed E-state index contributed by atoms with van der Waals surface area (Å²) in [6, 6.07) is 0. The number of allylic oxidation sites excluding steroid dienone is 1. The number of guanidine groups is 1. The molecule has 0 aliphatic carbocycles. The van der Waals surface area contributed by atoms with Crippen molar-refractivity contribution in [1.82, 2.24) is 29.9 Å². The van der Waals surface area contributed by atoms with Crippen LogP contribution in [0.4, 0.5) is 0 Å². The van der Waals surface area contributed by atoms with Crippen LogP contribution in [0.25, 0.3) is 0 Å². The maximum Gasteiger partial charge on any atom is 0.194 e. The summed E-state index contributed by atoms with van der Waals surface area (Å²) in [5.74, 6) is 2.71. The van der Waals surface area contributed by atoms with Crippen LogP contribution in [0, 0.1) is 6.92 Å². The smallest absolute Gasteiger partial charge is 0.194 e. The highest BCUT2D eigenvalue weighted by molar-refractivity contribution is 14.0. The summed E-state index contributed by atoms with van der Waals surface area (Å²) in [6.45, 7) is 12.8. The zero-order chi connectivity index (χ0) is 20.2. The minimum atomic E-state index is 0. The van der Waals surface area contributed by atoms with Crippen molar-refractivity contribution >= 4 is 29.9 Å². The molecule has 166 valence electrons. The van der Waals surface area contributed by atoms with E-state index in [1.54, 1.807) is 0 Å². The second-order valence-electron chi connectivity index (χ2n) is 7.30. The Kier molecular flexibility index (Phi) is 13.1. The van der Waals surface area contributed by atoms with Gasteiger partial charge in [-0.2, -0.15) is 0 Å². The average Bonchev–Trinajstić information content (AvgIpc) is 3.03. The number of halogens is 1. The molecule has 1 N–H and O–H groups in total. The number of morpholine rings is 1. The zero-order valence-corrected chi connectivity index (χ0v) is 20.6. The van der Waals surface area contributed by atoms with Crippen LogP contribution < -0.4 is 5.32 Å². The van der Waals surface area contributed by atoms with Gasteiger partial charge in [-0.3, -0.25) is 4.90 Å². The topological polar surface area (TPSA) is 70.8 Å². The highest BCUT2D eigenvalue weighted by atomic mass is 127. The fourth-order valence-electron chi connectivity index (χ4n) is 3.12. The van der Waals surface area contributed by atoms with Crippen molar-refractivity contribution in [3.05, 3.63) is 24.3 Å². The first-order chi connectivity index (χ1) is 13.6. The lowest BCUT2D eigenvalue weighted by Gasteiger charge is -2.28. The number of unbranched alkanes of at least 4 members (excludes halogenated alkanes) is 3. The van der Waals surface area contributed by atoms with E-state index < -0.39 is 0 Å². The van der Waals surface area contributed by atoms with Crippen molar-refractivity contribution in [2.45, 2.75) is 39.2 Å². The third-order valence-electron chi connectivity index (χ3n) is 5.13. The van der Waals surface area contributed by atoms with Crippen LogP contribution in [0.15, 0.2) is 17.6 Å². The molecule has 0 aromatic carbocycles. The van der Waals surface area contributed by atoms with Gasteiger partial charge in [0.25, 0.3) is 0 Å². The maximum atomic E-state index is 5.42. The zero-order valence-electron chi connectivity index (χ0n) is 18.3. The summed E-state index contributed by atoms with van der Waals surface area (Å²) in [5, 5.41) is 11.9. The molecule has 29 heavy (non-hydrogen) atoms. The minimum absolute atomic E-state index is 0. The van der Waals surface area contributed by atoms with Crippen molar-refractivity contribution < 1.29 is 4.74 Å². The van der Waals surface area contributed by atoms with Gasteiger partial charge in [-0.1, -0.05) is 12.5 Å². The molecular formula is C20H38IN7O. The van der Waals surface area contributed by atoms with Crippen LogP contribution >= 0.6 is 24.0 Å². The summed E-state index contributed by atoms with van der Waals surface area (Å²) >= 11 is 0. The Morgan fingerprint density at radius 1 is 1.28 bits per heavy atom. The van der Waals surface area contributed by atoms with Gasteiger partial charge in [-0.25, -0.2) is 4.99 Å². The molecule has 0 bridgehead atoms. The standard InChI is InChI=1S/C20H37N7O.HI/c1-5-6-7-8-9-11-25(3)20(21-10-12-27-13-15-28-16-14-27)22-17-19-24-23-18(2)26(19)4;/h5H,1,6-17H2,2-4H3,(H,21,22);1H. The first-order valence-corrected chi connectivity index (χ1v) is 10.4. The Morgan fingerprint density at radius 2 is 2.03 bits per heavy atom. The highest BCUT2D eigenvalue weighted by Gasteiger charge is 2.12. The highest BCUT2D eigenvalue weighted by Crippen LogP contribution is 2.04. The molecule has 0 saturated carbocycles. The molecule has 0 amide bonds. The summed E-state index contributed by atoms with van der Waals surface area (Å²) < 4.78 is 7.41. The second kappa shape index (κ2) is 14.7. The summed E-state index contributed by atoms with van der Waals surface area (Å²) in [4.78, 5) is 9.46. The Labute approximate surface area is 192 Å². The first kappa shape index (κ1) is 25.8. The van der Waals surface area contributed by atoms with E-state index in [9.17, 15) is 0 Å². The number of hydrogen-bond donors (Lipinski definition) is 1. The molecule has 1 aliphatic rings. The number of nitrogens with zero attached hydrogens (tertiary/aromatic N) is 6. The van der Waals surface area contributed by atoms with Gasteiger partial charge >= 0.3 is 0 Å². The van der Waals surface area contributed by atoms with E-state index in [-0.39, 0.29) is 24.0 Å². The molecular weight excluding hydrogens is 481 g/mol. The van der Waals surface area contributed by atoms with E-state index in [0.717, 1.165) is 76.4 Å². The molecule has 2 heterocycles. The molecule has 0 spiro atoms. The minimum Gasteiger partial charge on any atom is -0.379 e. The number of rotatable bonds is 11. The van der Waals surface area contributed by atoms with E-state index in [1.165, 1.54) is 12.8 Å². The van der Waals surface area contributed by atoms with Gasteiger partial charge in [-0.05, 0) is 26.2 Å². The molecule has 1 fully saturated rings. The van der Waals surface area contributed by atoms with Crippen molar-refractivity contribution in [2.24, 2.45) is 12.0 Å². The van der Waals surface area contributed by atoms with Crippen molar-refractivity contribution in [3.63, 3.8) is 0 Å². The predicted molar refractivity (Wildman–Crippen MR) is 129 cm³/mol. The number of aliphatic imine (C=N–C) groups is 1. The largest absolute Gasteiger partial charge is 0.379 e. The molecule has 1 aromatic heterocycles. The molecule has 1 aromatic rings. The van der Waals surface area contributed by atoms with E-state index in [1.807, 2.05) is 24.6 Å². The van der Waals surface area contributed by atoms with Crippen LogP contribution in [-0.4, -0.2) is 83.5 Å². The van der Waals surface area contributed by atoms with Gasteiger partial charge < -0.3 is 19.5 Å². The first-order valence-electron chi connectivity index (χ1n) is 10.4. The normalized spacial score (nSPS) is 15.1. The number of nitrogens with one attached hydrogen (secondary N) is 1. The van der Waals surface area contributed by atoms with Gasteiger partial charge in [0.2, 0.25) is 0 Å². The number of ether oxygens (including phenoxy) is 1. The fraction of sp³-hybridized carbons (Fsp3) is 0.750. The summed E-state index contributed by atoms with van der Waals surface area (Å²) in [5.41, 5.74) is 0. The van der Waals surface area contributed by atoms with E-state index >= 15 is 0 Å². The summed E-state index contributed by atoms with van der Waals surface area (Å²) in [6.07, 6.45) is 6.64. The molecule has 0 unspecified atom stereocenters. The van der Waals surface area contributed by atoms with Gasteiger partial charge in [0.1, 0.15) is 12.4 Å². The predicted octanol–water partition coefficient (Wildman–Crippen LogP) is 2.20. The molecule has 8 nitrogen and oxygen atoms in total. The SMILES string of the molecule is C=CCCCCCN(C)C(=NCc1nnc(C)n1C)NCCN1CCOCC1.I. The molecule has 1 aliphatic heterocycles. The number of aryl methyl sites for hydroxylation is 1. The van der Waals surface area contributed by atoms with Gasteiger partial charge in [0, 0.05) is 46.8 Å². The Bertz CT molecular complexity index is 614. The van der Waals surface area contributed by atoms with Crippen LogP contribution in [0.2, 0.25) is 0 Å². The number of aromatic nitrogens is 3. The molecule has 9 heteroatoms. The average molecular weight is 519 g/mol. The lowest BCUT2D eigenvalue weighted by Crippen LogP contribution is -2.45. The van der Waals surface area contributed by atoms with Gasteiger partial charge in [0.05, 0.1) is 13.2 Å². The van der Waals surface area contributed by atoms with Crippen LogP contribution in [0.3, 0.4) is 0 Å².